The molecule has 0 aliphatic heterocycles. The lowest BCUT2D eigenvalue weighted by atomic mass is 9.77. The van der Waals surface area contributed by atoms with Crippen molar-refractivity contribution in [1.29, 1.82) is 0 Å². The van der Waals surface area contributed by atoms with Crippen LogP contribution < -0.4 is 10.6 Å². The minimum atomic E-state index is 0.592. The molecule has 0 amide bonds. The van der Waals surface area contributed by atoms with Gasteiger partial charge in [0.1, 0.15) is 11.2 Å². The van der Waals surface area contributed by atoms with Crippen LogP contribution in [0.4, 0.5) is 0 Å². The third-order valence-electron chi connectivity index (χ3n) is 7.29. The molecule has 5 rings (SSSR count). The van der Waals surface area contributed by atoms with E-state index in [0.717, 1.165) is 43.0 Å². The summed E-state index contributed by atoms with van der Waals surface area (Å²) in [5, 5.41) is 9.62. The first-order valence-electron chi connectivity index (χ1n) is 13.6. The zero-order chi connectivity index (χ0) is 24.5. The topological polar surface area (TPSA) is 50.3 Å². The SMILES string of the molecule is CCCC(Cc1ccc2occc2c1)NCC.CCNC(Cc1ccc2occc2c1)C1CCC1. The molecular weight excluding hydrogens is 432 g/mol. The fourth-order valence-electron chi connectivity index (χ4n) is 5.25. The smallest absolute Gasteiger partial charge is 0.133 e. The first-order chi connectivity index (χ1) is 17.2. The Labute approximate surface area is 210 Å². The second-order valence-electron chi connectivity index (χ2n) is 9.89. The van der Waals surface area contributed by atoms with Gasteiger partial charge >= 0.3 is 0 Å². The van der Waals surface area contributed by atoms with Crippen molar-refractivity contribution >= 4 is 21.9 Å². The molecule has 4 aromatic rings. The second kappa shape index (κ2) is 12.9. The summed E-state index contributed by atoms with van der Waals surface area (Å²) in [6.45, 7) is 8.71. The van der Waals surface area contributed by atoms with Crippen LogP contribution in [0, 0.1) is 5.92 Å². The summed E-state index contributed by atoms with van der Waals surface area (Å²) in [4.78, 5) is 0. The van der Waals surface area contributed by atoms with Gasteiger partial charge in [-0.15, -0.1) is 0 Å². The van der Waals surface area contributed by atoms with Crippen LogP contribution in [0.5, 0.6) is 0 Å². The summed E-state index contributed by atoms with van der Waals surface area (Å²) in [5.41, 5.74) is 4.77. The molecule has 2 aromatic heterocycles. The zero-order valence-electron chi connectivity index (χ0n) is 21.7. The van der Waals surface area contributed by atoms with Crippen molar-refractivity contribution in [3.63, 3.8) is 0 Å². The Bertz CT molecular complexity index is 1150. The standard InChI is InChI=1S/C16H21NO.C15H21NO/c1-2-17-15(13-4-3-5-13)11-12-6-7-16-14(10-12)8-9-18-16;1-3-5-14(16-4-2)11-12-6-7-15-13(10-12)8-9-17-15/h6-10,13,15,17H,2-5,11H2,1H3;6-10,14,16H,3-5,11H2,1-2H3. The first kappa shape index (κ1) is 25.5. The van der Waals surface area contributed by atoms with Crippen LogP contribution in [-0.2, 0) is 12.8 Å². The van der Waals surface area contributed by atoms with Crippen molar-refractivity contribution in [2.45, 2.75) is 77.8 Å². The molecule has 2 N–H and O–H groups in total. The van der Waals surface area contributed by atoms with E-state index in [9.17, 15) is 0 Å². The first-order valence-corrected chi connectivity index (χ1v) is 13.6. The molecule has 2 unspecified atom stereocenters. The van der Waals surface area contributed by atoms with Gasteiger partial charge in [0, 0.05) is 22.9 Å². The molecule has 0 radical (unpaired) electrons. The molecule has 2 heterocycles. The summed E-state index contributed by atoms with van der Waals surface area (Å²) < 4.78 is 10.7. The summed E-state index contributed by atoms with van der Waals surface area (Å²) in [6.07, 6.45) is 12.4. The van der Waals surface area contributed by atoms with Crippen molar-refractivity contribution in [3.05, 3.63) is 72.2 Å². The van der Waals surface area contributed by atoms with E-state index in [-0.39, 0.29) is 0 Å². The lowest BCUT2D eigenvalue weighted by molar-refractivity contribution is 0.229. The lowest BCUT2D eigenvalue weighted by Crippen LogP contribution is -2.41. The second-order valence-corrected chi connectivity index (χ2v) is 9.89. The Morgan fingerprint density at radius 2 is 1.37 bits per heavy atom. The lowest BCUT2D eigenvalue weighted by Gasteiger charge is -2.34. The Kier molecular flexibility index (Phi) is 9.44. The van der Waals surface area contributed by atoms with Crippen LogP contribution in [0.25, 0.3) is 21.9 Å². The third-order valence-corrected chi connectivity index (χ3v) is 7.29. The summed E-state index contributed by atoms with van der Waals surface area (Å²) in [6, 6.07) is 18.4. The fourth-order valence-corrected chi connectivity index (χ4v) is 5.25. The Morgan fingerprint density at radius 3 is 1.89 bits per heavy atom. The third kappa shape index (κ3) is 6.99. The number of hydrogen-bond donors (Lipinski definition) is 2. The van der Waals surface area contributed by atoms with Gasteiger partial charge in [0.2, 0.25) is 0 Å². The van der Waals surface area contributed by atoms with Crippen molar-refractivity contribution in [2.24, 2.45) is 5.92 Å². The van der Waals surface area contributed by atoms with Crippen molar-refractivity contribution < 1.29 is 8.83 Å². The van der Waals surface area contributed by atoms with Gasteiger partial charge in [-0.25, -0.2) is 0 Å². The molecule has 1 aliphatic rings. The van der Waals surface area contributed by atoms with Crippen LogP contribution in [0.2, 0.25) is 0 Å². The quantitative estimate of drug-likeness (QED) is 0.236. The fraction of sp³-hybridized carbons (Fsp3) is 0.484. The summed E-state index contributed by atoms with van der Waals surface area (Å²) in [7, 11) is 0. The van der Waals surface area contributed by atoms with Gasteiger partial charge in [-0.05, 0) is 98.6 Å². The van der Waals surface area contributed by atoms with Crippen LogP contribution in [0.3, 0.4) is 0 Å². The molecule has 35 heavy (non-hydrogen) atoms. The van der Waals surface area contributed by atoms with Gasteiger partial charge < -0.3 is 19.5 Å². The van der Waals surface area contributed by atoms with E-state index in [0.29, 0.717) is 12.1 Å². The van der Waals surface area contributed by atoms with E-state index >= 15 is 0 Å². The predicted molar refractivity (Wildman–Crippen MR) is 147 cm³/mol. The highest BCUT2D eigenvalue weighted by molar-refractivity contribution is 5.78. The number of nitrogens with one attached hydrogen (secondary N) is 2. The molecule has 188 valence electrons. The minimum Gasteiger partial charge on any atom is -0.464 e. The zero-order valence-corrected chi connectivity index (χ0v) is 21.7. The normalized spacial score (nSPS) is 15.5. The minimum absolute atomic E-state index is 0.592. The summed E-state index contributed by atoms with van der Waals surface area (Å²) in [5.74, 6) is 0.880. The largest absolute Gasteiger partial charge is 0.464 e. The van der Waals surface area contributed by atoms with E-state index in [1.54, 1.807) is 12.5 Å². The van der Waals surface area contributed by atoms with Gasteiger partial charge in [-0.2, -0.15) is 0 Å². The van der Waals surface area contributed by atoms with Crippen molar-refractivity contribution in [2.75, 3.05) is 13.1 Å². The molecule has 0 saturated heterocycles. The average molecular weight is 475 g/mol. The van der Waals surface area contributed by atoms with E-state index < -0.39 is 0 Å². The highest BCUT2D eigenvalue weighted by atomic mass is 16.3. The van der Waals surface area contributed by atoms with Crippen molar-refractivity contribution in [3.8, 4) is 0 Å². The predicted octanol–water partition coefficient (Wildman–Crippen LogP) is 7.51. The molecule has 0 bridgehead atoms. The Hall–Kier alpha value is -2.56. The maximum absolute atomic E-state index is 5.39. The van der Waals surface area contributed by atoms with Gasteiger partial charge in [0.25, 0.3) is 0 Å². The molecule has 1 saturated carbocycles. The maximum atomic E-state index is 5.39. The average Bonchev–Trinajstić information content (AvgIpc) is 3.47. The molecule has 4 nitrogen and oxygen atoms in total. The number of rotatable bonds is 11. The Balaban J connectivity index is 0.000000165. The molecule has 1 fully saturated rings. The number of fused-ring (bicyclic) bond motifs is 2. The molecule has 4 heteroatoms. The van der Waals surface area contributed by atoms with E-state index in [2.05, 4.69) is 67.8 Å². The van der Waals surface area contributed by atoms with E-state index in [1.807, 2.05) is 12.1 Å². The van der Waals surface area contributed by atoms with E-state index in [1.165, 1.54) is 54.0 Å². The van der Waals surface area contributed by atoms with Gasteiger partial charge in [0.15, 0.2) is 0 Å². The summed E-state index contributed by atoms with van der Waals surface area (Å²) >= 11 is 0. The maximum Gasteiger partial charge on any atom is 0.133 e. The monoisotopic (exact) mass is 474 g/mol. The van der Waals surface area contributed by atoms with Crippen LogP contribution in [0.15, 0.2) is 69.9 Å². The number of hydrogen-bond acceptors (Lipinski definition) is 4. The van der Waals surface area contributed by atoms with Crippen LogP contribution >= 0.6 is 0 Å². The molecule has 0 spiro atoms. The highest BCUT2D eigenvalue weighted by Gasteiger charge is 2.26. The van der Waals surface area contributed by atoms with Gasteiger partial charge in [0.05, 0.1) is 12.5 Å². The van der Waals surface area contributed by atoms with E-state index in [4.69, 9.17) is 8.83 Å². The van der Waals surface area contributed by atoms with Crippen LogP contribution in [0.1, 0.15) is 64.0 Å². The molecular formula is C31H42N2O2. The molecule has 2 atom stereocenters. The molecule has 1 aliphatic carbocycles. The molecule has 2 aromatic carbocycles. The highest BCUT2D eigenvalue weighted by Crippen LogP contribution is 2.31. The van der Waals surface area contributed by atoms with Crippen LogP contribution in [-0.4, -0.2) is 25.2 Å². The Morgan fingerprint density at radius 1 is 0.771 bits per heavy atom. The van der Waals surface area contributed by atoms with Crippen molar-refractivity contribution in [1.82, 2.24) is 10.6 Å². The van der Waals surface area contributed by atoms with Gasteiger partial charge in [-0.3, -0.25) is 0 Å². The number of benzene rings is 2. The van der Waals surface area contributed by atoms with Gasteiger partial charge in [-0.1, -0.05) is 45.7 Å². The number of likely N-dealkylation sites (N-methyl/N-ethyl adjacent to an activating group) is 2. The number of furan rings is 2.